The highest BCUT2D eigenvalue weighted by Crippen LogP contribution is 2.33. The molecule has 33 heavy (non-hydrogen) atoms. The van der Waals surface area contributed by atoms with Gasteiger partial charge in [0.1, 0.15) is 5.75 Å². The van der Waals surface area contributed by atoms with Gasteiger partial charge in [-0.15, -0.1) is 11.3 Å². The van der Waals surface area contributed by atoms with Crippen molar-refractivity contribution in [3.8, 4) is 17.0 Å². The summed E-state index contributed by atoms with van der Waals surface area (Å²) in [4.78, 5) is 21.5. The molecule has 2 aromatic carbocycles. The van der Waals surface area contributed by atoms with E-state index >= 15 is 0 Å². The Kier molecular flexibility index (Phi) is 6.22. The third kappa shape index (κ3) is 4.83. The average Bonchev–Trinajstić information content (AvgIpc) is 3.45. The second-order valence-electron chi connectivity index (χ2n) is 7.46. The van der Waals surface area contributed by atoms with Gasteiger partial charge in [0.05, 0.1) is 28.4 Å². The zero-order valence-electron chi connectivity index (χ0n) is 17.4. The van der Waals surface area contributed by atoms with Crippen molar-refractivity contribution in [1.29, 1.82) is 0 Å². The van der Waals surface area contributed by atoms with Gasteiger partial charge in [0.25, 0.3) is 5.91 Å². The first-order valence-corrected chi connectivity index (χ1v) is 11.9. The maximum absolute atomic E-state index is 11.8. The van der Waals surface area contributed by atoms with Crippen molar-refractivity contribution in [3.63, 3.8) is 0 Å². The molecule has 0 saturated carbocycles. The van der Waals surface area contributed by atoms with E-state index in [2.05, 4.69) is 20.2 Å². The van der Waals surface area contributed by atoms with Crippen molar-refractivity contribution >= 4 is 51.8 Å². The SMILES string of the molecule is O=C1COc2ccc(-c3csc(=Nc4ccc(Cl)cc4Cl)n3CCCn3ccnc3)cc2N1. The second-order valence-corrected chi connectivity index (χ2v) is 9.14. The van der Waals surface area contributed by atoms with E-state index in [1.807, 2.05) is 41.4 Å². The summed E-state index contributed by atoms with van der Waals surface area (Å²) in [6.07, 6.45) is 6.41. The molecule has 0 saturated heterocycles. The minimum Gasteiger partial charge on any atom is -0.482 e. The molecule has 1 aliphatic rings. The molecule has 0 radical (unpaired) electrons. The zero-order chi connectivity index (χ0) is 22.8. The number of carbonyl (C=O) groups is 1. The molecule has 0 bridgehead atoms. The molecule has 0 fully saturated rings. The van der Waals surface area contributed by atoms with Gasteiger partial charge in [0, 0.05) is 41.4 Å². The number of fused-ring (bicyclic) bond motifs is 1. The van der Waals surface area contributed by atoms with E-state index in [1.165, 1.54) is 11.3 Å². The average molecular weight is 500 g/mol. The van der Waals surface area contributed by atoms with Gasteiger partial charge < -0.3 is 19.2 Å². The highest BCUT2D eigenvalue weighted by molar-refractivity contribution is 7.07. The summed E-state index contributed by atoms with van der Waals surface area (Å²) in [5.41, 5.74) is 3.28. The van der Waals surface area contributed by atoms with E-state index in [0.29, 0.717) is 27.2 Å². The number of benzene rings is 2. The Bertz CT molecular complexity index is 1380. The Labute approximate surface area is 203 Å². The number of thiazole rings is 1. The third-order valence-electron chi connectivity index (χ3n) is 5.19. The molecule has 1 N–H and O–H groups in total. The summed E-state index contributed by atoms with van der Waals surface area (Å²) in [7, 11) is 0. The fraction of sp³-hybridized carbons (Fsp3) is 0.174. The van der Waals surface area contributed by atoms with Crippen LogP contribution in [0.25, 0.3) is 11.3 Å². The monoisotopic (exact) mass is 499 g/mol. The van der Waals surface area contributed by atoms with E-state index < -0.39 is 0 Å². The quantitative estimate of drug-likeness (QED) is 0.387. The number of amides is 1. The Morgan fingerprint density at radius 3 is 2.91 bits per heavy atom. The fourth-order valence-electron chi connectivity index (χ4n) is 3.61. The molecule has 5 rings (SSSR count). The Morgan fingerprint density at radius 1 is 1.18 bits per heavy atom. The van der Waals surface area contributed by atoms with Gasteiger partial charge in [-0.1, -0.05) is 23.2 Å². The first kappa shape index (κ1) is 21.8. The van der Waals surface area contributed by atoms with Crippen LogP contribution < -0.4 is 14.9 Å². The molecule has 1 amide bonds. The summed E-state index contributed by atoms with van der Waals surface area (Å²) in [5, 5.41) is 6.00. The minimum absolute atomic E-state index is 0.0317. The summed E-state index contributed by atoms with van der Waals surface area (Å²) in [5.74, 6) is 0.504. The first-order chi connectivity index (χ1) is 16.1. The van der Waals surface area contributed by atoms with E-state index in [9.17, 15) is 4.79 Å². The Morgan fingerprint density at radius 2 is 2.09 bits per heavy atom. The zero-order valence-corrected chi connectivity index (χ0v) is 19.7. The van der Waals surface area contributed by atoms with Crippen molar-refractivity contribution in [2.24, 2.45) is 4.99 Å². The van der Waals surface area contributed by atoms with E-state index in [4.69, 9.17) is 32.9 Å². The standard InChI is InChI=1S/C23H19Cl2N5O2S/c24-16-3-4-18(17(25)11-16)28-23-30(8-1-7-29-9-6-26-14-29)20(13-33-23)15-2-5-21-19(10-15)27-22(31)12-32-21/h2-6,9-11,13-14H,1,7-8,12H2,(H,27,31). The van der Waals surface area contributed by atoms with Gasteiger partial charge in [-0.25, -0.2) is 9.98 Å². The van der Waals surface area contributed by atoms with E-state index in [0.717, 1.165) is 35.6 Å². The van der Waals surface area contributed by atoms with Crippen LogP contribution in [0.15, 0.2) is 65.5 Å². The van der Waals surface area contributed by atoms with Crippen LogP contribution in [0.3, 0.4) is 0 Å². The number of ether oxygens (including phenoxy) is 1. The number of halogens is 2. The summed E-state index contributed by atoms with van der Waals surface area (Å²) < 4.78 is 9.71. The molecule has 7 nitrogen and oxygen atoms in total. The number of hydrogen-bond donors (Lipinski definition) is 1. The number of rotatable bonds is 6. The lowest BCUT2D eigenvalue weighted by Crippen LogP contribution is -2.25. The third-order valence-corrected chi connectivity index (χ3v) is 6.59. The number of nitrogens with one attached hydrogen (secondary N) is 1. The summed E-state index contributed by atoms with van der Waals surface area (Å²) >= 11 is 13.9. The molecule has 10 heteroatoms. The topological polar surface area (TPSA) is 73.4 Å². The van der Waals surface area contributed by atoms with Gasteiger partial charge in [-0.2, -0.15) is 0 Å². The van der Waals surface area contributed by atoms with Gasteiger partial charge in [-0.05, 0) is 42.8 Å². The van der Waals surface area contributed by atoms with Crippen molar-refractivity contribution in [2.45, 2.75) is 19.5 Å². The van der Waals surface area contributed by atoms with E-state index in [1.54, 1.807) is 18.3 Å². The fourth-order valence-corrected chi connectivity index (χ4v) is 5.01. The highest BCUT2D eigenvalue weighted by atomic mass is 35.5. The number of hydrogen-bond acceptors (Lipinski definition) is 5. The van der Waals surface area contributed by atoms with Crippen molar-refractivity contribution in [3.05, 3.63) is 75.3 Å². The molecule has 168 valence electrons. The lowest BCUT2D eigenvalue weighted by Gasteiger charge is -2.19. The van der Waals surface area contributed by atoms with Crippen LogP contribution in [0.5, 0.6) is 5.75 Å². The molecular weight excluding hydrogens is 481 g/mol. The van der Waals surface area contributed by atoms with Gasteiger partial charge in [0.2, 0.25) is 0 Å². The van der Waals surface area contributed by atoms with Gasteiger partial charge >= 0.3 is 0 Å². The maximum atomic E-state index is 11.8. The van der Waals surface area contributed by atoms with Gasteiger partial charge in [0.15, 0.2) is 11.4 Å². The van der Waals surface area contributed by atoms with Crippen LogP contribution in [0.4, 0.5) is 11.4 Å². The molecule has 3 heterocycles. The molecule has 0 spiro atoms. The maximum Gasteiger partial charge on any atom is 0.262 e. The Balaban J connectivity index is 1.54. The minimum atomic E-state index is -0.161. The number of carbonyl (C=O) groups excluding carboxylic acids is 1. The molecule has 0 unspecified atom stereocenters. The summed E-state index contributed by atoms with van der Waals surface area (Å²) in [6.45, 7) is 1.60. The van der Waals surface area contributed by atoms with Crippen LogP contribution in [-0.4, -0.2) is 26.6 Å². The van der Waals surface area contributed by atoms with Crippen LogP contribution in [-0.2, 0) is 17.9 Å². The van der Waals surface area contributed by atoms with Crippen LogP contribution in [0.2, 0.25) is 10.0 Å². The van der Waals surface area contributed by atoms with E-state index in [-0.39, 0.29) is 12.5 Å². The van der Waals surface area contributed by atoms with Gasteiger partial charge in [-0.3, -0.25) is 4.79 Å². The highest BCUT2D eigenvalue weighted by Gasteiger charge is 2.18. The van der Waals surface area contributed by atoms with Crippen LogP contribution in [0, 0.1) is 0 Å². The molecule has 4 aromatic rings. The summed E-state index contributed by atoms with van der Waals surface area (Å²) in [6, 6.07) is 11.1. The van der Waals surface area contributed by atoms with Crippen LogP contribution >= 0.6 is 34.5 Å². The lowest BCUT2D eigenvalue weighted by molar-refractivity contribution is -0.118. The largest absolute Gasteiger partial charge is 0.482 e. The smallest absolute Gasteiger partial charge is 0.262 e. The molecule has 0 aliphatic carbocycles. The van der Waals surface area contributed by atoms with Crippen molar-refractivity contribution in [2.75, 3.05) is 11.9 Å². The molecule has 1 aliphatic heterocycles. The number of anilines is 1. The molecule has 2 aromatic heterocycles. The number of aryl methyl sites for hydroxylation is 1. The van der Waals surface area contributed by atoms with Crippen LogP contribution in [0.1, 0.15) is 6.42 Å². The number of aromatic nitrogens is 3. The predicted molar refractivity (Wildman–Crippen MR) is 130 cm³/mol. The normalized spacial score (nSPS) is 13.5. The lowest BCUT2D eigenvalue weighted by atomic mass is 10.1. The number of imidazole rings is 1. The molecular formula is C23H19Cl2N5O2S. The van der Waals surface area contributed by atoms with Crippen molar-refractivity contribution < 1.29 is 9.53 Å². The Hall–Kier alpha value is -3.07. The predicted octanol–water partition coefficient (Wildman–Crippen LogP) is 5.37. The second kappa shape index (κ2) is 9.43. The van der Waals surface area contributed by atoms with Crippen molar-refractivity contribution in [1.82, 2.24) is 14.1 Å². The molecule has 0 atom stereocenters. The first-order valence-electron chi connectivity index (χ1n) is 10.3. The number of nitrogens with zero attached hydrogens (tertiary/aromatic N) is 4.